The first-order chi connectivity index (χ1) is 25.2. The lowest BCUT2D eigenvalue weighted by atomic mass is 10.1. The van der Waals surface area contributed by atoms with Crippen molar-refractivity contribution in [1.29, 1.82) is 0 Å². The fraction of sp³-hybridized carbons (Fsp3) is 0.429. The molecule has 284 valence electrons. The number of fused-ring (bicyclic) bond motifs is 4. The van der Waals surface area contributed by atoms with Crippen LogP contribution in [0.1, 0.15) is 24.9 Å². The maximum Gasteiger partial charge on any atom is 0.472 e. The van der Waals surface area contributed by atoms with Crippen molar-refractivity contribution in [2.45, 2.75) is 61.9 Å². The van der Waals surface area contributed by atoms with E-state index >= 15 is 8.78 Å². The third kappa shape index (κ3) is 7.86. The van der Waals surface area contributed by atoms with Gasteiger partial charge in [0, 0.05) is 24.9 Å². The number of nitrogens with zero attached hydrogens (tertiary/aromatic N) is 5. The number of halogens is 2. The first-order valence-electron chi connectivity index (χ1n) is 15.5. The highest BCUT2D eigenvalue weighted by molar-refractivity contribution is 8.54. The van der Waals surface area contributed by atoms with Gasteiger partial charge in [0.25, 0.3) is 5.56 Å². The number of esters is 1. The minimum atomic E-state index is -5.24. The van der Waals surface area contributed by atoms with E-state index in [0.29, 0.717) is 16.9 Å². The van der Waals surface area contributed by atoms with Crippen LogP contribution in [0.3, 0.4) is 0 Å². The molecule has 20 nitrogen and oxygen atoms in total. The summed E-state index contributed by atoms with van der Waals surface area (Å²) in [6.45, 7) is -5.22. The van der Waals surface area contributed by atoms with Gasteiger partial charge in [0.15, 0.2) is 36.3 Å². The zero-order valence-electron chi connectivity index (χ0n) is 27.1. The molecule has 6 heterocycles. The topological polar surface area (TPSA) is 261 Å². The van der Waals surface area contributed by atoms with Crippen molar-refractivity contribution in [3.63, 3.8) is 0 Å². The van der Waals surface area contributed by atoms with Gasteiger partial charge in [0.2, 0.25) is 0 Å². The Hall–Kier alpha value is -3.89. The molecule has 4 aromatic rings. The van der Waals surface area contributed by atoms with E-state index in [1.54, 1.807) is 12.1 Å². The molecule has 53 heavy (non-hydrogen) atoms. The Morgan fingerprint density at radius 1 is 1.00 bits per heavy atom. The molecule has 25 heteroatoms. The number of benzene rings is 1. The van der Waals surface area contributed by atoms with Gasteiger partial charge < -0.3 is 24.8 Å². The van der Waals surface area contributed by atoms with Crippen LogP contribution in [-0.2, 0) is 47.2 Å². The summed E-state index contributed by atoms with van der Waals surface area (Å²) < 4.78 is 101. The third-order valence-electron chi connectivity index (χ3n) is 8.20. The van der Waals surface area contributed by atoms with Crippen LogP contribution in [0.25, 0.3) is 11.2 Å². The van der Waals surface area contributed by atoms with E-state index in [1.807, 2.05) is 4.98 Å². The van der Waals surface area contributed by atoms with Crippen molar-refractivity contribution >= 4 is 49.0 Å². The normalized spacial score (nSPS) is 33.4. The van der Waals surface area contributed by atoms with E-state index in [4.69, 9.17) is 38.0 Å². The molecule has 2 unspecified atom stereocenters. The number of nitrogens with two attached hydrogens (primary N) is 1. The zero-order chi connectivity index (χ0) is 37.7. The van der Waals surface area contributed by atoms with Crippen LogP contribution in [0.15, 0.2) is 58.8 Å². The number of anilines is 1. The van der Waals surface area contributed by atoms with Gasteiger partial charge in [-0.3, -0.25) is 41.8 Å². The molecule has 3 fully saturated rings. The van der Waals surface area contributed by atoms with Gasteiger partial charge in [-0.25, -0.2) is 37.7 Å². The molecule has 3 aromatic heterocycles. The Kier molecular flexibility index (Phi) is 10.4. The molecule has 0 amide bonds. The van der Waals surface area contributed by atoms with Gasteiger partial charge in [-0.05, 0) is 29.1 Å². The van der Waals surface area contributed by atoms with Gasteiger partial charge in [-0.2, -0.15) is 0 Å². The number of phosphoric acid groups is 1. The number of alkyl halides is 2. The van der Waals surface area contributed by atoms with Crippen LogP contribution in [0.5, 0.6) is 5.75 Å². The summed E-state index contributed by atoms with van der Waals surface area (Å²) in [6, 6.07) is 7.01. The number of carbonyl (C=O) groups is 1. The van der Waals surface area contributed by atoms with Crippen LogP contribution < -0.4 is 21.7 Å². The minimum absolute atomic E-state index is 0.0147. The number of ether oxygens (including phenoxy) is 3. The lowest BCUT2D eigenvalue weighted by molar-refractivity contribution is -0.131. The van der Waals surface area contributed by atoms with E-state index in [-0.39, 0.29) is 28.5 Å². The second kappa shape index (κ2) is 14.7. The molecule has 2 bridgehead atoms. The van der Waals surface area contributed by atoms with Crippen LogP contribution >= 0.6 is 26.0 Å². The predicted octanol–water partition coefficient (Wildman–Crippen LogP) is 2.31. The fourth-order valence-corrected chi connectivity index (χ4v) is 10.1. The van der Waals surface area contributed by atoms with Gasteiger partial charge in [0.05, 0.1) is 19.5 Å². The molecule has 0 spiro atoms. The van der Waals surface area contributed by atoms with Crippen molar-refractivity contribution in [3.8, 4) is 5.75 Å². The molecular formula is C28H29F2N7O13P2S. The summed E-state index contributed by atoms with van der Waals surface area (Å²) in [5, 5.41) is 0. The maximum absolute atomic E-state index is 16.3. The van der Waals surface area contributed by atoms with Gasteiger partial charge in [-0.15, -0.1) is 0 Å². The number of aromatic nitrogens is 6. The summed E-state index contributed by atoms with van der Waals surface area (Å²) in [6.07, 6.45) is -11.7. The number of rotatable bonds is 6. The average molecular weight is 804 g/mol. The van der Waals surface area contributed by atoms with Gasteiger partial charge in [0.1, 0.15) is 42.0 Å². The first-order valence-corrected chi connectivity index (χ1v) is 20.2. The molecule has 1 aromatic carbocycles. The van der Waals surface area contributed by atoms with Crippen LogP contribution in [0, 0.1) is 0 Å². The van der Waals surface area contributed by atoms with Crippen molar-refractivity contribution in [1.82, 2.24) is 29.1 Å². The predicted molar refractivity (Wildman–Crippen MR) is 177 cm³/mol. The second-order valence-corrected chi connectivity index (χ2v) is 17.2. The molecule has 4 N–H and O–H groups in total. The first kappa shape index (κ1) is 37.4. The van der Waals surface area contributed by atoms with E-state index < -0.39 is 94.3 Å². The monoisotopic (exact) mass is 803 g/mol. The van der Waals surface area contributed by atoms with E-state index in [9.17, 15) is 28.4 Å². The second-order valence-electron chi connectivity index (χ2n) is 11.8. The van der Waals surface area contributed by atoms with Gasteiger partial charge in [-0.1, -0.05) is 12.1 Å². The minimum Gasteiger partial charge on any atom is -0.427 e. The summed E-state index contributed by atoms with van der Waals surface area (Å²) in [7, 11) is -5.24. The summed E-state index contributed by atoms with van der Waals surface area (Å²) in [4.78, 5) is 60.5. The molecule has 3 aliphatic rings. The number of nitrogen functional groups attached to an aromatic ring is 1. The highest BCUT2D eigenvalue weighted by Crippen LogP contribution is 2.65. The smallest absolute Gasteiger partial charge is 0.427 e. The number of carbonyl (C=O) groups excluding carboxylic acids is 1. The Balaban J connectivity index is 1.23. The van der Waals surface area contributed by atoms with Crippen molar-refractivity contribution in [2.75, 3.05) is 18.9 Å². The largest absolute Gasteiger partial charge is 0.472 e. The Morgan fingerprint density at radius 3 is 2.47 bits per heavy atom. The summed E-state index contributed by atoms with van der Waals surface area (Å²) in [5.74, 6) is -0.434. The lowest BCUT2D eigenvalue weighted by Crippen LogP contribution is -2.37. The number of hydrogen-bond donors (Lipinski definition) is 3. The Bertz CT molecular complexity index is 2230. The maximum atomic E-state index is 16.3. The van der Waals surface area contributed by atoms with Crippen LogP contribution in [0.2, 0.25) is 0 Å². The molecule has 0 aliphatic carbocycles. The lowest BCUT2D eigenvalue weighted by Gasteiger charge is -2.27. The van der Waals surface area contributed by atoms with E-state index in [2.05, 4.69) is 15.0 Å². The quantitative estimate of drug-likeness (QED) is 0.143. The van der Waals surface area contributed by atoms with Crippen LogP contribution in [0.4, 0.5) is 14.6 Å². The molecular weight excluding hydrogens is 774 g/mol. The summed E-state index contributed by atoms with van der Waals surface area (Å²) >= 11 is 0.573. The van der Waals surface area contributed by atoms with Crippen molar-refractivity contribution in [3.05, 3.63) is 75.6 Å². The number of aromatic amines is 1. The fourth-order valence-electron chi connectivity index (χ4n) is 5.76. The SMILES string of the molecule is CC(=O)Oc1ccc(CSP2(=O)OC[C@H]3O[C@@H](n4cnc5c(N)ncnc54)[C@H](F)[C@@H]3OP(=O)(O)OC[C@H]3O[C@@H](n4ccc(=O)[nH]c4=O)[C@H](O2)[C@@H]3F)cc1. The Labute approximate surface area is 299 Å². The number of nitrogens with one attached hydrogen (secondary N) is 1. The number of imidazole rings is 1. The average Bonchev–Trinajstić information content (AvgIpc) is 3.76. The number of phosphoric ester groups is 1. The standard InChI is InChI=1S/C28H29F2N7O13P2S/c1-13(38)46-15-4-2-14(3-5-15)10-53-52(43)45-9-17-22(20(30)26(48-17)37-12-34-21-24(31)32-11-33-25(21)37)49-51(41,42)44-8-16-19(29)23(50-52)27(47-16)36-7-6-18(39)35-28(36)40/h2-7,11-12,16-17,19-20,22-23,26-27H,8-10H2,1H3,(H,41,42)(H2,31,32,33)(H,35,39,40)/t16-,17-,19-,20-,22-,23-,26-,27-,52?/m1/s1. The molecule has 0 saturated carbocycles. The Morgan fingerprint density at radius 2 is 1.74 bits per heavy atom. The zero-order valence-corrected chi connectivity index (χ0v) is 29.7. The number of hydrogen-bond acceptors (Lipinski definition) is 17. The highest BCUT2D eigenvalue weighted by Gasteiger charge is 2.55. The van der Waals surface area contributed by atoms with Crippen LogP contribution in [-0.4, -0.2) is 89.9 Å². The van der Waals surface area contributed by atoms with Crippen molar-refractivity contribution in [2.24, 2.45) is 0 Å². The molecule has 0 radical (unpaired) electrons. The molecule has 10 atom stereocenters. The third-order valence-corrected chi connectivity index (χ3v) is 12.8. The number of H-pyrrole nitrogens is 1. The van der Waals surface area contributed by atoms with E-state index in [0.717, 1.165) is 34.1 Å². The van der Waals surface area contributed by atoms with E-state index in [1.165, 1.54) is 19.1 Å². The van der Waals surface area contributed by atoms with Gasteiger partial charge >= 0.3 is 26.3 Å². The molecule has 3 aliphatic heterocycles. The summed E-state index contributed by atoms with van der Waals surface area (Å²) in [5.41, 5.74) is 4.73. The molecule has 3 saturated heterocycles. The van der Waals surface area contributed by atoms with Crippen molar-refractivity contribution < 1.29 is 59.9 Å². The highest BCUT2D eigenvalue weighted by atomic mass is 32.7. The molecule has 7 rings (SSSR count).